The van der Waals surface area contributed by atoms with E-state index in [1.165, 1.54) is 6.39 Å². The molecule has 5 nitrogen and oxygen atoms in total. The molecule has 1 amide bonds. The minimum atomic E-state index is 0.0597. The van der Waals surface area contributed by atoms with Crippen LogP contribution in [-0.2, 0) is 13.0 Å². The molecule has 0 bridgehead atoms. The summed E-state index contributed by atoms with van der Waals surface area (Å²) in [5.74, 6) is 0.816. The van der Waals surface area contributed by atoms with Gasteiger partial charge in [0.1, 0.15) is 5.76 Å². The zero-order valence-electron chi connectivity index (χ0n) is 11.7. The number of carbonyl (C=O) groups is 1. The zero-order valence-corrected chi connectivity index (χ0v) is 11.7. The summed E-state index contributed by atoms with van der Waals surface area (Å²) in [6.07, 6.45) is 2.26. The Morgan fingerprint density at radius 3 is 3.05 bits per heavy atom. The van der Waals surface area contributed by atoms with Crippen molar-refractivity contribution < 1.29 is 9.21 Å². The lowest BCUT2D eigenvalue weighted by atomic mass is 10.0. The van der Waals surface area contributed by atoms with Crippen LogP contribution in [0.15, 0.2) is 35.1 Å². The lowest BCUT2D eigenvalue weighted by molar-refractivity contribution is 0.0716. The fourth-order valence-electron chi connectivity index (χ4n) is 2.94. The standard InChI is InChI=1S/C16H15N3O2/c1-10-14(21-9-17-10)8-19-7-6-13-15(16(19)20)11-4-2-3-5-12(11)18-13/h2-5,9,18H,6-8H2,1H3. The number of amides is 1. The summed E-state index contributed by atoms with van der Waals surface area (Å²) < 4.78 is 5.36. The molecule has 106 valence electrons. The highest BCUT2D eigenvalue weighted by Crippen LogP contribution is 2.28. The van der Waals surface area contributed by atoms with E-state index in [2.05, 4.69) is 9.97 Å². The molecule has 1 aliphatic heterocycles. The number of nitrogens with one attached hydrogen (secondary N) is 1. The maximum Gasteiger partial charge on any atom is 0.256 e. The number of H-pyrrole nitrogens is 1. The number of hydrogen-bond donors (Lipinski definition) is 1. The molecular formula is C16H15N3O2. The number of aromatic nitrogens is 2. The van der Waals surface area contributed by atoms with Crippen molar-refractivity contribution in [3.8, 4) is 0 Å². The van der Waals surface area contributed by atoms with Gasteiger partial charge in [0.05, 0.1) is 17.8 Å². The second-order valence-corrected chi connectivity index (χ2v) is 5.36. The van der Waals surface area contributed by atoms with E-state index in [1.807, 2.05) is 36.1 Å². The number of benzene rings is 1. The summed E-state index contributed by atoms with van der Waals surface area (Å²) in [7, 11) is 0. The fraction of sp³-hybridized carbons (Fsp3) is 0.250. The maximum absolute atomic E-state index is 12.8. The second kappa shape index (κ2) is 4.48. The summed E-state index contributed by atoms with van der Waals surface area (Å²) in [5.41, 5.74) is 3.70. The number of fused-ring (bicyclic) bond motifs is 3. The lowest BCUT2D eigenvalue weighted by Gasteiger charge is -2.26. The number of carbonyl (C=O) groups excluding carboxylic acids is 1. The first kappa shape index (κ1) is 12.2. The molecular weight excluding hydrogens is 266 g/mol. The predicted molar refractivity (Wildman–Crippen MR) is 78.0 cm³/mol. The third kappa shape index (κ3) is 1.85. The Balaban J connectivity index is 1.73. The quantitative estimate of drug-likeness (QED) is 0.785. The molecule has 2 aromatic heterocycles. The van der Waals surface area contributed by atoms with Crippen LogP contribution in [0.2, 0.25) is 0 Å². The summed E-state index contributed by atoms with van der Waals surface area (Å²) >= 11 is 0. The summed E-state index contributed by atoms with van der Waals surface area (Å²) in [4.78, 5) is 22.0. The number of hydrogen-bond acceptors (Lipinski definition) is 3. The van der Waals surface area contributed by atoms with Crippen molar-refractivity contribution >= 4 is 16.8 Å². The molecule has 1 N–H and O–H groups in total. The molecule has 3 heterocycles. The van der Waals surface area contributed by atoms with Crippen LogP contribution in [0, 0.1) is 6.92 Å². The van der Waals surface area contributed by atoms with Crippen molar-refractivity contribution in [2.75, 3.05) is 6.54 Å². The van der Waals surface area contributed by atoms with Gasteiger partial charge in [-0.05, 0) is 13.0 Å². The number of para-hydroxylation sites is 1. The number of nitrogens with zero attached hydrogens (tertiary/aromatic N) is 2. The van der Waals surface area contributed by atoms with E-state index < -0.39 is 0 Å². The first-order valence-electron chi connectivity index (χ1n) is 7.02. The van der Waals surface area contributed by atoms with E-state index in [4.69, 9.17) is 4.42 Å². The molecule has 3 aromatic rings. The third-order valence-electron chi connectivity index (χ3n) is 4.10. The molecule has 0 fully saturated rings. The molecule has 0 atom stereocenters. The average Bonchev–Trinajstić information content (AvgIpc) is 3.06. The number of rotatable bonds is 2. The van der Waals surface area contributed by atoms with Crippen LogP contribution in [0.25, 0.3) is 10.9 Å². The van der Waals surface area contributed by atoms with E-state index in [-0.39, 0.29) is 5.91 Å². The van der Waals surface area contributed by atoms with Crippen LogP contribution >= 0.6 is 0 Å². The number of oxazole rings is 1. The van der Waals surface area contributed by atoms with Crippen molar-refractivity contribution in [3.63, 3.8) is 0 Å². The van der Waals surface area contributed by atoms with E-state index in [0.29, 0.717) is 13.1 Å². The monoisotopic (exact) mass is 281 g/mol. The van der Waals surface area contributed by atoms with Gasteiger partial charge in [-0.1, -0.05) is 18.2 Å². The first-order valence-corrected chi connectivity index (χ1v) is 7.02. The van der Waals surface area contributed by atoms with Crippen LogP contribution in [0.1, 0.15) is 27.5 Å². The van der Waals surface area contributed by atoms with Crippen LogP contribution in [0.5, 0.6) is 0 Å². The zero-order chi connectivity index (χ0) is 14.4. The van der Waals surface area contributed by atoms with Gasteiger partial charge in [0.2, 0.25) is 0 Å². The topological polar surface area (TPSA) is 62.1 Å². The third-order valence-corrected chi connectivity index (χ3v) is 4.10. The van der Waals surface area contributed by atoms with Gasteiger partial charge in [-0.3, -0.25) is 4.79 Å². The summed E-state index contributed by atoms with van der Waals surface area (Å²) in [6, 6.07) is 7.94. The lowest BCUT2D eigenvalue weighted by Crippen LogP contribution is -2.36. The van der Waals surface area contributed by atoms with Gasteiger partial charge in [-0.25, -0.2) is 4.98 Å². The van der Waals surface area contributed by atoms with Gasteiger partial charge < -0.3 is 14.3 Å². The number of aryl methyl sites for hydroxylation is 1. The van der Waals surface area contributed by atoms with E-state index in [0.717, 1.165) is 40.0 Å². The largest absolute Gasteiger partial charge is 0.446 e. The average molecular weight is 281 g/mol. The Morgan fingerprint density at radius 1 is 1.38 bits per heavy atom. The normalized spacial score (nSPS) is 14.7. The van der Waals surface area contributed by atoms with Crippen molar-refractivity contribution in [2.24, 2.45) is 0 Å². The molecule has 0 radical (unpaired) electrons. The molecule has 1 aromatic carbocycles. The Kier molecular flexibility index (Phi) is 2.60. The smallest absolute Gasteiger partial charge is 0.256 e. The van der Waals surface area contributed by atoms with E-state index in [1.54, 1.807) is 0 Å². The SMILES string of the molecule is Cc1ncoc1CN1CCc2[nH]c3ccccc3c2C1=O. The van der Waals surface area contributed by atoms with Crippen molar-refractivity contribution in [2.45, 2.75) is 19.9 Å². The van der Waals surface area contributed by atoms with Gasteiger partial charge in [0.25, 0.3) is 5.91 Å². The molecule has 0 unspecified atom stereocenters. The first-order chi connectivity index (χ1) is 10.2. The van der Waals surface area contributed by atoms with Crippen LogP contribution < -0.4 is 0 Å². The van der Waals surface area contributed by atoms with Crippen molar-refractivity contribution in [1.29, 1.82) is 0 Å². The summed E-state index contributed by atoms with van der Waals surface area (Å²) in [5, 5.41) is 0.997. The highest BCUT2D eigenvalue weighted by atomic mass is 16.3. The number of aromatic amines is 1. The second-order valence-electron chi connectivity index (χ2n) is 5.36. The predicted octanol–water partition coefficient (Wildman–Crippen LogP) is 2.66. The van der Waals surface area contributed by atoms with E-state index >= 15 is 0 Å². The molecule has 0 saturated carbocycles. The van der Waals surface area contributed by atoms with Crippen molar-refractivity contribution in [1.82, 2.24) is 14.9 Å². The molecule has 0 saturated heterocycles. The van der Waals surface area contributed by atoms with Gasteiger partial charge >= 0.3 is 0 Å². The maximum atomic E-state index is 12.8. The minimum Gasteiger partial charge on any atom is -0.446 e. The van der Waals surface area contributed by atoms with E-state index in [9.17, 15) is 4.79 Å². The molecule has 21 heavy (non-hydrogen) atoms. The molecule has 0 spiro atoms. The Morgan fingerprint density at radius 2 is 2.24 bits per heavy atom. The molecule has 0 aliphatic carbocycles. The fourth-order valence-corrected chi connectivity index (χ4v) is 2.94. The summed E-state index contributed by atoms with van der Waals surface area (Å²) in [6.45, 7) is 3.06. The Hall–Kier alpha value is -2.56. The van der Waals surface area contributed by atoms with Crippen LogP contribution in [0.3, 0.4) is 0 Å². The highest BCUT2D eigenvalue weighted by molar-refractivity contribution is 6.08. The van der Waals surface area contributed by atoms with Gasteiger partial charge in [0, 0.05) is 29.6 Å². The Labute approximate surface area is 121 Å². The molecule has 4 rings (SSSR count). The minimum absolute atomic E-state index is 0.0597. The molecule has 5 heteroatoms. The van der Waals surface area contributed by atoms with Crippen LogP contribution in [0.4, 0.5) is 0 Å². The van der Waals surface area contributed by atoms with Gasteiger partial charge in [0.15, 0.2) is 6.39 Å². The molecule has 1 aliphatic rings. The van der Waals surface area contributed by atoms with Gasteiger partial charge in [-0.15, -0.1) is 0 Å². The highest BCUT2D eigenvalue weighted by Gasteiger charge is 2.29. The Bertz CT molecular complexity index is 831. The van der Waals surface area contributed by atoms with Crippen molar-refractivity contribution in [3.05, 3.63) is 53.4 Å². The van der Waals surface area contributed by atoms with Crippen LogP contribution in [-0.4, -0.2) is 27.3 Å². The van der Waals surface area contributed by atoms with Gasteiger partial charge in [-0.2, -0.15) is 0 Å².